The van der Waals surface area contributed by atoms with Crippen LogP contribution in [-0.4, -0.2) is 47.2 Å². The lowest BCUT2D eigenvalue weighted by Gasteiger charge is -2.21. The molecule has 0 saturated carbocycles. The summed E-state index contributed by atoms with van der Waals surface area (Å²) < 4.78 is 5.66. The van der Waals surface area contributed by atoms with Crippen molar-refractivity contribution in [2.75, 3.05) is 31.6 Å². The number of aromatic nitrogens is 2. The summed E-state index contributed by atoms with van der Waals surface area (Å²) in [5.74, 6) is 1.81. The summed E-state index contributed by atoms with van der Waals surface area (Å²) in [5.41, 5.74) is 1.01. The van der Waals surface area contributed by atoms with Gasteiger partial charge in [0, 0.05) is 38.0 Å². The van der Waals surface area contributed by atoms with Crippen molar-refractivity contribution in [2.45, 2.75) is 39.8 Å². The average Bonchev–Trinajstić information content (AvgIpc) is 2.53. The van der Waals surface area contributed by atoms with Crippen molar-refractivity contribution in [3.8, 4) is 0 Å². The van der Waals surface area contributed by atoms with Gasteiger partial charge in [0.2, 0.25) is 0 Å². The second-order valence-corrected chi connectivity index (χ2v) is 5.11. The van der Waals surface area contributed by atoms with Gasteiger partial charge in [-0.3, -0.25) is 4.90 Å². The quantitative estimate of drug-likeness (QED) is 0.899. The Kier molecular flexibility index (Phi) is 5.10. The van der Waals surface area contributed by atoms with E-state index in [1.807, 2.05) is 13.0 Å². The molecule has 19 heavy (non-hydrogen) atoms. The lowest BCUT2D eigenvalue weighted by molar-refractivity contribution is 0.0664. The van der Waals surface area contributed by atoms with Crippen molar-refractivity contribution in [3.05, 3.63) is 17.6 Å². The van der Waals surface area contributed by atoms with Gasteiger partial charge in [-0.05, 0) is 27.2 Å². The highest BCUT2D eigenvalue weighted by Gasteiger charge is 2.16. The number of nitrogens with zero attached hydrogens (tertiary/aromatic N) is 3. The topological polar surface area (TPSA) is 50.3 Å². The van der Waals surface area contributed by atoms with Crippen molar-refractivity contribution in [1.82, 2.24) is 14.9 Å². The maximum atomic E-state index is 5.66. The SMILES string of the molecule is CCNc1cc(C)nc(CN2CCCOC(C)C2)n1. The molecular formula is C14H24N4O. The third kappa shape index (κ3) is 4.44. The molecule has 2 heterocycles. The molecule has 1 aromatic rings. The molecule has 0 aliphatic carbocycles. The van der Waals surface area contributed by atoms with E-state index in [9.17, 15) is 0 Å². The van der Waals surface area contributed by atoms with Crippen LogP contribution in [0, 0.1) is 6.92 Å². The largest absolute Gasteiger partial charge is 0.377 e. The zero-order valence-electron chi connectivity index (χ0n) is 12.1. The maximum Gasteiger partial charge on any atom is 0.144 e. The van der Waals surface area contributed by atoms with E-state index < -0.39 is 0 Å². The van der Waals surface area contributed by atoms with Gasteiger partial charge >= 0.3 is 0 Å². The number of hydrogen-bond donors (Lipinski definition) is 1. The van der Waals surface area contributed by atoms with Gasteiger partial charge < -0.3 is 10.1 Å². The van der Waals surface area contributed by atoms with Gasteiger partial charge in [-0.1, -0.05) is 0 Å². The van der Waals surface area contributed by atoms with Crippen LogP contribution in [-0.2, 0) is 11.3 Å². The molecular weight excluding hydrogens is 240 g/mol. The summed E-state index contributed by atoms with van der Waals surface area (Å²) in [5, 5.41) is 3.25. The molecule has 1 aliphatic rings. The van der Waals surface area contributed by atoms with Gasteiger partial charge in [-0.15, -0.1) is 0 Å². The van der Waals surface area contributed by atoms with E-state index in [2.05, 4.69) is 34.0 Å². The highest BCUT2D eigenvalue weighted by Crippen LogP contribution is 2.11. The zero-order valence-corrected chi connectivity index (χ0v) is 12.1. The van der Waals surface area contributed by atoms with Gasteiger partial charge in [0.1, 0.15) is 11.6 Å². The molecule has 0 bridgehead atoms. The number of anilines is 1. The summed E-state index contributed by atoms with van der Waals surface area (Å²) in [4.78, 5) is 11.5. The van der Waals surface area contributed by atoms with Crippen LogP contribution in [0.4, 0.5) is 5.82 Å². The first-order chi connectivity index (χ1) is 9.17. The zero-order chi connectivity index (χ0) is 13.7. The first-order valence-corrected chi connectivity index (χ1v) is 7.09. The summed E-state index contributed by atoms with van der Waals surface area (Å²) in [6, 6.07) is 1.99. The molecule has 0 aromatic carbocycles. The fraction of sp³-hybridized carbons (Fsp3) is 0.714. The lowest BCUT2D eigenvalue weighted by atomic mass is 10.3. The Hall–Kier alpha value is -1.20. The molecule has 1 N–H and O–H groups in total. The number of aryl methyl sites for hydroxylation is 1. The molecule has 0 spiro atoms. The van der Waals surface area contributed by atoms with Crippen LogP contribution in [0.2, 0.25) is 0 Å². The predicted octanol–water partition coefficient (Wildman–Crippen LogP) is 1.83. The molecule has 5 nitrogen and oxygen atoms in total. The third-order valence-corrected chi connectivity index (χ3v) is 3.16. The van der Waals surface area contributed by atoms with Crippen LogP contribution >= 0.6 is 0 Å². The molecule has 1 aromatic heterocycles. The lowest BCUT2D eigenvalue weighted by Crippen LogP contribution is -2.30. The Morgan fingerprint density at radius 2 is 2.32 bits per heavy atom. The molecule has 106 valence electrons. The molecule has 0 amide bonds. The highest BCUT2D eigenvalue weighted by atomic mass is 16.5. The molecule has 0 radical (unpaired) electrons. The van der Waals surface area contributed by atoms with Crippen LogP contribution < -0.4 is 5.32 Å². The number of ether oxygens (including phenoxy) is 1. The number of rotatable bonds is 4. The summed E-state index contributed by atoms with van der Waals surface area (Å²) in [7, 11) is 0. The van der Waals surface area contributed by atoms with Crippen LogP contribution in [0.25, 0.3) is 0 Å². The Bertz CT molecular complexity index is 410. The van der Waals surface area contributed by atoms with E-state index >= 15 is 0 Å². The summed E-state index contributed by atoms with van der Waals surface area (Å²) in [6.45, 7) is 10.8. The minimum Gasteiger partial charge on any atom is -0.377 e. The Morgan fingerprint density at radius 1 is 1.47 bits per heavy atom. The predicted molar refractivity (Wildman–Crippen MR) is 76.2 cm³/mol. The van der Waals surface area contributed by atoms with E-state index in [0.29, 0.717) is 6.10 Å². The van der Waals surface area contributed by atoms with E-state index in [0.717, 1.165) is 56.5 Å². The Morgan fingerprint density at radius 3 is 3.11 bits per heavy atom. The fourth-order valence-electron chi connectivity index (χ4n) is 2.40. The normalized spacial score (nSPS) is 21.1. The minimum absolute atomic E-state index is 0.292. The monoisotopic (exact) mass is 264 g/mol. The van der Waals surface area contributed by atoms with Crippen LogP contribution in [0.5, 0.6) is 0 Å². The van der Waals surface area contributed by atoms with E-state index in [4.69, 9.17) is 4.74 Å². The Labute approximate surface area is 115 Å². The summed E-state index contributed by atoms with van der Waals surface area (Å²) >= 11 is 0. The second-order valence-electron chi connectivity index (χ2n) is 5.11. The molecule has 2 rings (SSSR count). The molecule has 5 heteroatoms. The van der Waals surface area contributed by atoms with Crippen LogP contribution in [0.15, 0.2) is 6.07 Å². The van der Waals surface area contributed by atoms with Crippen molar-refractivity contribution < 1.29 is 4.74 Å². The first kappa shape index (κ1) is 14.2. The highest BCUT2D eigenvalue weighted by molar-refractivity contribution is 5.35. The van der Waals surface area contributed by atoms with Gasteiger partial charge in [-0.2, -0.15) is 0 Å². The average molecular weight is 264 g/mol. The van der Waals surface area contributed by atoms with Crippen molar-refractivity contribution in [2.24, 2.45) is 0 Å². The molecule has 1 fully saturated rings. The number of hydrogen-bond acceptors (Lipinski definition) is 5. The van der Waals surface area contributed by atoms with Gasteiger partial charge in [0.15, 0.2) is 0 Å². The van der Waals surface area contributed by atoms with Gasteiger partial charge in [0.25, 0.3) is 0 Å². The number of nitrogens with one attached hydrogen (secondary N) is 1. The van der Waals surface area contributed by atoms with Crippen molar-refractivity contribution in [3.63, 3.8) is 0 Å². The van der Waals surface area contributed by atoms with Gasteiger partial charge in [-0.25, -0.2) is 9.97 Å². The van der Waals surface area contributed by atoms with Crippen LogP contribution in [0.3, 0.4) is 0 Å². The van der Waals surface area contributed by atoms with E-state index in [-0.39, 0.29) is 0 Å². The third-order valence-electron chi connectivity index (χ3n) is 3.16. The first-order valence-electron chi connectivity index (χ1n) is 7.09. The van der Waals surface area contributed by atoms with Gasteiger partial charge in [0.05, 0.1) is 12.6 Å². The smallest absolute Gasteiger partial charge is 0.144 e. The molecule has 1 saturated heterocycles. The van der Waals surface area contributed by atoms with E-state index in [1.54, 1.807) is 0 Å². The molecule has 1 atom stereocenters. The maximum absolute atomic E-state index is 5.66. The van der Waals surface area contributed by atoms with Crippen LogP contribution in [0.1, 0.15) is 31.8 Å². The minimum atomic E-state index is 0.292. The van der Waals surface area contributed by atoms with Crippen molar-refractivity contribution in [1.29, 1.82) is 0 Å². The standard InChI is InChI=1S/C14H24N4O/c1-4-15-13-8-11(2)16-14(17-13)10-18-6-5-7-19-12(3)9-18/h8,12H,4-7,9-10H2,1-3H3,(H,15,16,17). The second kappa shape index (κ2) is 6.82. The Balaban J connectivity index is 2.04. The van der Waals surface area contributed by atoms with Crippen molar-refractivity contribution >= 4 is 5.82 Å². The summed E-state index contributed by atoms with van der Waals surface area (Å²) in [6.07, 6.45) is 1.37. The fourth-order valence-corrected chi connectivity index (χ4v) is 2.40. The van der Waals surface area contributed by atoms with E-state index in [1.165, 1.54) is 0 Å². The molecule has 1 aliphatic heterocycles. The molecule has 1 unspecified atom stereocenters.